The summed E-state index contributed by atoms with van der Waals surface area (Å²) in [6.07, 6.45) is 3.27. The van der Waals surface area contributed by atoms with Gasteiger partial charge in [-0.15, -0.1) is 0 Å². The second-order valence-electron chi connectivity index (χ2n) is 3.92. The van der Waals surface area contributed by atoms with E-state index in [2.05, 4.69) is 15.8 Å². The van der Waals surface area contributed by atoms with Crippen LogP contribution in [-0.4, -0.2) is 23.6 Å². The summed E-state index contributed by atoms with van der Waals surface area (Å²) in [6, 6.07) is -0.0420. The SMILES string of the molecule is CCCC(=O)NC(CC)C1=NNC(=O)CC1. The molecule has 2 N–H and O–H groups in total. The van der Waals surface area contributed by atoms with Gasteiger partial charge in [-0.05, 0) is 19.3 Å². The van der Waals surface area contributed by atoms with Gasteiger partial charge in [0.25, 0.3) is 0 Å². The molecule has 1 rings (SSSR count). The molecule has 16 heavy (non-hydrogen) atoms. The van der Waals surface area contributed by atoms with Gasteiger partial charge in [0.1, 0.15) is 0 Å². The molecule has 1 heterocycles. The minimum Gasteiger partial charge on any atom is -0.348 e. The lowest BCUT2D eigenvalue weighted by atomic mass is 10.0. The van der Waals surface area contributed by atoms with Crippen molar-refractivity contribution in [1.29, 1.82) is 0 Å². The average Bonchev–Trinajstić information content (AvgIpc) is 2.27. The molecule has 5 heteroatoms. The van der Waals surface area contributed by atoms with Crippen molar-refractivity contribution in [3.05, 3.63) is 0 Å². The third-order valence-corrected chi connectivity index (χ3v) is 2.56. The van der Waals surface area contributed by atoms with Crippen LogP contribution in [0.5, 0.6) is 0 Å². The largest absolute Gasteiger partial charge is 0.348 e. The van der Waals surface area contributed by atoms with Gasteiger partial charge in [-0.2, -0.15) is 5.10 Å². The maximum atomic E-state index is 11.5. The molecule has 0 aromatic rings. The highest BCUT2D eigenvalue weighted by atomic mass is 16.2. The smallest absolute Gasteiger partial charge is 0.240 e. The molecule has 0 spiro atoms. The lowest BCUT2D eigenvalue weighted by molar-refractivity contribution is -0.121. The van der Waals surface area contributed by atoms with E-state index < -0.39 is 0 Å². The van der Waals surface area contributed by atoms with Crippen LogP contribution in [0.1, 0.15) is 46.0 Å². The van der Waals surface area contributed by atoms with Gasteiger partial charge in [-0.3, -0.25) is 9.59 Å². The Morgan fingerprint density at radius 3 is 2.75 bits per heavy atom. The van der Waals surface area contributed by atoms with Gasteiger partial charge in [0.05, 0.1) is 11.8 Å². The predicted octanol–water partition coefficient (Wildman–Crippen LogP) is 0.947. The number of nitrogens with zero attached hydrogens (tertiary/aromatic N) is 1. The second kappa shape index (κ2) is 6.25. The van der Waals surface area contributed by atoms with E-state index in [1.54, 1.807) is 0 Å². The number of amides is 2. The number of hydrogen-bond acceptors (Lipinski definition) is 3. The zero-order chi connectivity index (χ0) is 12.0. The molecule has 1 aliphatic heterocycles. The molecule has 0 aliphatic carbocycles. The fraction of sp³-hybridized carbons (Fsp3) is 0.727. The van der Waals surface area contributed by atoms with E-state index in [-0.39, 0.29) is 17.9 Å². The Balaban J connectivity index is 2.53. The molecule has 2 amide bonds. The molecular formula is C11H19N3O2. The van der Waals surface area contributed by atoms with E-state index in [0.29, 0.717) is 19.3 Å². The summed E-state index contributed by atoms with van der Waals surface area (Å²) in [6.45, 7) is 3.97. The monoisotopic (exact) mass is 225 g/mol. The summed E-state index contributed by atoms with van der Waals surface area (Å²) >= 11 is 0. The molecule has 1 unspecified atom stereocenters. The summed E-state index contributed by atoms with van der Waals surface area (Å²) in [5.74, 6) is -0.00700. The summed E-state index contributed by atoms with van der Waals surface area (Å²) in [4.78, 5) is 22.4. The molecular weight excluding hydrogens is 206 g/mol. The Bertz CT molecular complexity index is 300. The molecule has 0 radical (unpaired) electrons. The third-order valence-electron chi connectivity index (χ3n) is 2.56. The van der Waals surface area contributed by atoms with E-state index in [4.69, 9.17) is 0 Å². The highest BCUT2D eigenvalue weighted by Crippen LogP contribution is 2.06. The summed E-state index contributed by atoms with van der Waals surface area (Å²) in [7, 11) is 0. The Kier molecular flexibility index (Phi) is 4.95. The number of hydrazone groups is 1. The van der Waals surface area contributed by atoms with Gasteiger partial charge >= 0.3 is 0 Å². The van der Waals surface area contributed by atoms with Gasteiger partial charge in [-0.25, -0.2) is 5.43 Å². The first-order valence-electron chi connectivity index (χ1n) is 5.82. The van der Waals surface area contributed by atoms with E-state index in [0.717, 1.165) is 18.6 Å². The molecule has 1 aliphatic rings. The van der Waals surface area contributed by atoms with Crippen LogP contribution in [0.2, 0.25) is 0 Å². The molecule has 5 nitrogen and oxygen atoms in total. The molecule has 90 valence electrons. The number of rotatable bonds is 5. The predicted molar refractivity (Wildman–Crippen MR) is 61.9 cm³/mol. The summed E-state index contributed by atoms with van der Waals surface area (Å²) in [5.41, 5.74) is 3.32. The van der Waals surface area contributed by atoms with Crippen LogP contribution in [0.4, 0.5) is 0 Å². The third kappa shape index (κ3) is 3.64. The van der Waals surface area contributed by atoms with E-state index in [1.807, 2.05) is 13.8 Å². The Hall–Kier alpha value is -1.39. The van der Waals surface area contributed by atoms with Crippen molar-refractivity contribution < 1.29 is 9.59 Å². The first kappa shape index (κ1) is 12.7. The van der Waals surface area contributed by atoms with Crippen molar-refractivity contribution in [2.45, 2.75) is 52.0 Å². The number of nitrogens with one attached hydrogen (secondary N) is 2. The summed E-state index contributed by atoms with van der Waals surface area (Å²) < 4.78 is 0. The number of hydrogen-bond donors (Lipinski definition) is 2. The highest BCUT2D eigenvalue weighted by Gasteiger charge is 2.20. The molecule has 0 bridgehead atoms. The van der Waals surface area contributed by atoms with Crippen LogP contribution in [0.25, 0.3) is 0 Å². The van der Waals surface area contributed by atoms with Crippen LogP contribution in [0.3, 0.4) is 0 Å². The van der Waals surface area contributed by atoms with E-state index in [1.165, 1.54) is 0 Å². The zero-order valence-electron chi connectivity index (χ0n) is 9.88. The fourth-order valence-electron chi connectivity index (χ4n) is 1.65. The average molecular weight is 225 g/mol. The van der Waals surface area contributed by atoms with Gasteiger partial charge in [0, 0.05) is 12.8 Å². The Morgan fingerprint density at radius 2 is 2.25 bits per heavy atom. The molecule has 1 atom stereocenters. The zero-order valence-corrected chi connectivity index (χ0v) is 9.88. The maximum Gasteiger partial charge on any atom is 0.240 e. The van der Waals surface area contributed by atoms with Crippen LogP contribution in [-0.2, 0) is 9.59 Å². The molecule has 0 saturated heterocycles. The van der Waals surface area contributed by atoms with Gasteiger partial charge in [-0.1, -0.05) is 13.8 Å². The lowest BCUT2D eigenvalue weighted by Gasteiger charge is -2.21. The van der Waals surface area contributed by atoms with Crippen molar-refractivity contribution in [1.82, 2.24) is 10.7 Å². The first-order chi connectivity index (χ1) is 7.67. The van der Waals surface area contributed by atoms with E-state index >= 15 is 0 Å². The fourth-order valence-corrected chi connectivity index (χ4v) is 1.65. The normalized spacial score (nSPS) is 17.4. The van der Waals surface area contributed by atoms with Crippen molar-refractivity contribution in [2.75, 3.05) is 0 Å². The van der Waals surface area contributed by atoms with E-state index in [9.17, 15) is 9.59 Å². The van der Waals surface area contributed by atoms with Crippen LogP contribution >= 0.6 is 0 Å². The molecule has 0 aromatic heterocycles. The molecule has 0 saturated carbocycles. The first-order valence-corrected chi connectivity index (χ1v) is 5.82. The minimum atomic E-state index is -0.0570. The number of carbonyl (C=O) groups excluding carboxylic acids is 2. The van der Waals surface area contributed by atoms with Crippen molar-refractivity contribution >= 4 is 17.5 Å². The molecule has 0 fully saturated rings. The van der Waals surface area contributed by atoms with Gasteiger partial charge in [0.15, 0.2) is 0 Å². The van der Waals surface area contributed by atoms with Gasteiger partial charge in [0.2, 0.25) is 11.8 Å². The molecule has 0 aromatic carbocycles. The van der Waals surface area contributed by atoms with Crippen LogP contribution in [0.15, 0.2) is 5.10 Å². The lowest BCUT2D eigenvalue weighted by Crippen LogP contribution is -2.43. The topological polar surface area (TPSA) is 70.6 Å². The van der Waals surface area contributed by atoms with Crippen LogP contribution in [0, 0.1) is 0 Å². The quantitative estimate of drug-likeness (QED) is 0.731. The van der Waals surface area contributed by atoms with Crippen molar-refractivity contribution in [2.24, 2.45) is 5.10 Å². The summed E-state index contributed by atoms with van der Waals surface area (Å²) in [5, 5.41) is 6.93. The second-order valence-corrected chi connectivity index (χ2v) is 3.92. The minimum absolute atomic E-state index is 0.0420. The Labute approximate surface area is 95.7 Å². The van der Waals surface area contributed by atoms with Crippen molar-refractivity contribution in [3.8, 4) is 0 Å². The Morgan fingerprint density at radius 1 is 1.50 bits per heavy atom. The maximum absolute atomic E-state index is 11.5. The van der Waals surface area contributed by atoms with Crippen molar-refractivity contribution in [3.63, 3.8) is 0 Å². The highest BCUT2D eigenvalue weighted by molar-refractivity contribution is 5.97. The standard InChI is InChI=1S/C11H19N3O2/c1-3-5-10(15)12-8(4-2)9-6-7-11(16)14-13-9/h8H,3-7H2,1-2H3,(H,12,15)(H,14,16). The number of carbonyl (C=O) groups is 2. The van der Waals surface area contributed by atoms with Crippen LogP contribution < -0.4 is 10.7 Å². The van der Waals surface area contributed by atoms with Gasteiger partial charge < -0.3 is 5.32 Å².